The fraction of sp³-hybridized carbons (Fsp3) is 0.455. The van der Waals surface area contributed by atoms with E-state index in [1.54, 1.807) is 19.4 Å². The molecule has 0 aliphatic rings. The van der Waals surface area contributed by atoms with Crippen molar-refractivity contribution in [2.24, 2.45) is 4.99 Å². The number of nitrogens with zero attached hydrogens (tertiary/aromatic N) is 4. The summed E-state index contributed by atoms with van der Waals surface area (Å²) in [6.07, 6.45) is 6.21. The van der Waals surface area contributed by atoms with Crippen LogP contribution in [-0.4, -0.2) is 41.0 Å². The molecule has 0 spiro atoms. The highest BCUT2D eigenvalue weighted by atomic mass is 32.2. The number of rotatable bonds is 6. The minimum Gasteiger partial charge on any atom is -0.355 e. The number of aromatic nitrogens is 2. The summed E-state index contributed by atoms with van der Waals surface area (Å²) in [5.74, 6) is 3.30. The SMILES string of the molecule is CN=C(NC#N)NCCSCCc1ncccn1. The molecule has 18 heavy (non-hydrogen) atoms. The number of nitrogens with one attached hydrogen (secondary N) is 2. The smallest absolute Gasteiger partial charge is 0.204 e. The maximum atomic E-state index is 8.43. The lowest BCUT2D eigenvalue weighted by Crippen LogP contribution is -2.35. The van der Waals surface area contributed by atoms with Gasteiger partial charge in [0, 0.05) is 43.9 Å². The average molecular weight is 264 g/mol. The Hall–Kier alpha value is -1.81. The molecular formula is C11H16N6S. The third-order valence-corrected chi connectivity index (χ3v) is 3.01. The summed E-state index contributed by atoms with van der Waals surface area (Å²) in [6, 6.07) is 1.81. The lowest BCUT2D eigenvalue weighted by Gasteiger charge is -2.06. The van der Waals surface area contributed by atoms with Crippen LogP contribution in [0.25, 0.3) is 0 Å². The van der Waals surface area contributed by atoms with Gasteiger partial charge in [-0.15, -0.1) is 0 Å². The van der Waals surface area contributed by atoms with Crippen LogP contribution in [0, 0.1) is 11.5 Å². The predicted molar refractivity (Wildman–Crippen MR) is 73.2 cm³/mol. The molecule has 0 aromatic carbocycles. The molecule has 0 bridgehead atoms. The topological polar surface area (TPSA) is 86.0 Å². The molecule has 0 unspecified atom stereocenters. The van der Waals surface area contributed by atoms with Gasteiger partial charge in [0.1, 0.15) is 5.82 Å². The molecule has 0 aliphatic carbocycles. The highest BCUT2D eigenvalue weighted by molar-refractivity contribution is 7.99. The van der Waals surface area contributed by atoms with E-state index in [0.717, 1.165) is 30.3 Å². The van der Waals surface area contributed by atoms with Crippen LogP contribution in [0.15, 0.2) is 23.5 Å². The Morgan fingerprint density at radius 1 is 1.44 bits per heavy atom. The molecule has 6 nitrogen and oxygen atoms in total. The molecule has 1 aromatic heterocycles. The van der Waals surface area contributed by atoms with Crippen LogP contribution in [0.5, 0.6) is 0 Å². The molecule has 1 aromatic rings. The molecule has 1 rings (SSSR count). The zero-order chi connectivity index (χ0) is 13.1. The second-order valence-corrected chi connectivity index (χ2v) is 4.49. The summed E-state index contributed by atoms with van der Waals surface area (Å²) < 4.78 is 0. The van der Waals surface area contributed by atoms with Crippen LogP contribution in [0.2, 0.25) is 0 Å². The minimum absolute atomic E-state index is 0.504. The number of guanidine groups is 1. The average Bonchev–Trinajstić information content (AvgIpc) is 2.42. The Balaban J connectivity index is 2.04. The quantitative estimate of drug-likeness (QED) is 0.254. The highest BCUT2D eigenvalue weighted by Gasteiger charge is 1.97. The Morgan fingerprint density at radius 2 is 2.22 bits per heavy atom. The van der Waals surface area contributed by atoms with Gasteiger partial charge in [-0.2, -0.15) is 17.0 Å². The molecular weight excluding hydrogens is 248 g/mol. The van der Waals surface area contributed by atoms with Gasteiger partial charge in [0.2, 0.25) is 5.96 Å². The Labute approximate surface area is 111 Å². The molecule has 0 aliphatic heterocycles. The third-order valence-electron chi connectivity index (χ3n) is 2.03. The first-order chi connectivity index (χ1) is 8.86. The lowest BCUT2D eigenvalue weighted by molar-refractivity contribution is 0.923. The Morgan fingerprint density at radius 3 is 2.89 bits per heavy atom. The monoisotopic (exact) mass is 264 g/mol. The maximum Gasteiger partial charge on any atom is 0.204 e. The van der Waals surface area contributed by atoms with E-state index in [4.69, 9.17) is 5.26 Å². The van der Waals surface area contributed by atoms with Gasteiger partial charge in [-0.05, 0) is 6.07 Å². The molecule has 0 atom stereocenters. The van der Waals surface area contributed by atoms with Gasteiger partial charge in [0.05, 0.1) is 0 Å². The third kappa shape index (κ3) is 6.06. The number of nitriles is 1. The van der Waals surface area contributed by atoms with Gasteiger partial charge in [0.15, 0.2) is 6.19 Å². The number of aryl methyl sites for hydroxylation is 1. The van der Waals surface area contributed by atoms with Crippen LogP contribution in [0.1, 0.15) is 5.82 Å². The van der Waals surface area contributed by atoms with Crippen LogP contribution >= 0.6 is 11.8 Å². The summed E-state index contributed by atoms with van der Waals surface area (Å²) >= 11 is 1.81. The maximum absolute atomic E-state index is 8.43. The van der Waals surface area contributed by atoms with Crippen LogP contribution in [-0.2, 0) is 6.42 Å². The van der Waals surface area contributed by atoms with Crippen molar-refractivity contribution < 1.29 is 0 Å². The van der Waals surface area contributed by atoms with Crippen LogP contribution in [0.4, 0.5) is 0 Å². The molecule has 0 saturated heterocycles. The molecule has 96 valence electrons. The summed E-state index contributed by atoms with van der Waals surface area (Å²) in [6.45, 7) is 0.766. The molecule has 0 fully saturated rings. The first kappa shape index (κ1) is 14.3. The van der Waals surface area contributed by atoms with Crippen molar-refractivity contribution in [1.82, 2.24) is 20.6 Å². The van der Waals surface area contributed by atoms with Crippen molar-refractivity contribution in [3.05, 3.63) is 24.3 Å². The van der Waals surface area contributed by atoms with E-state index in [1.165, 1.54) is 0 Å². The van der Waals surface area contributed by atoms with Crippen LogP contribution in [0.3, 0.4) is 0 Å². The minimum atomic E-state index is 0.504. The van der Waals surface area contributed by atoms with Crippen molar-refractivity contribution in [3.8, 4) is 6.19 Å². The van der Waals surface area contributed by atoms with E-state index in [0.29, 0.717) is 5.96 Å². The number of hydrogen-bond donors (Lipinski definition) is 2. The second kappa shape index (κ2) is 9.24. The molecule has 2 N–H and O–H groups in total. The molecule has 7 heteroatoms. The number of hydrogen-bond acceptors (Lipinski definition) is 5. The molecule has 0 radical (unpaired) electrons. The number of thioether (sulfide) groups is 1. The molecule has 0 saturated carbocycles. The summed E-state index contributed by atoms with van der Waals surface area (Å²) in [5, 5.41) is 13.9. The van der Waals surface area contributed by atoms with Gasteiger partial charge in [-0.1, -0.05) is 0 Å². The van der Waals surface area contributed by atoms with Gasteiger partial charge in [-0.25, -0.2) is 9.97 Å². The van der Waals surface area contributed by atoms with E-state index in [1.807, 2.05) is 24.0 Å². The van der Waals surface area contributed by atoms with E-state index >= 15 is 0 Å². The van der Waals surface area contributed by atoms with Crippen LogP contribution < -0.4 is 10.6 Å². The Kier molecular flexibility index (Phi) is 7.32. The summed E-state index contributed by atoms with van der Waals surface area (Å²) in [7, 11) is 1.63. The highest BCUT2D eigenvalue weighted by Crippen LogP contribution is 2.01. The summed E-state index contributed by atoms with van der Waals surface area (Å²) in [4.78, 5) is 12.2. The van der Waals surface area contributed by atoms with Gasteiger partial charge >= 0.3 is 0 Å². The lowest BCUT2D eigenvalue weighted by atomic mass is 10.4. The zero-order valence-corrected chi connectivity index (χ0v) is 11.1. The second-order valence-electron chi connectivity index (χ2n) is 3.26. The molecule has 0 amide bonds. The van der Waals surface area contributed by atoms with Gasteiger partial charge in [-0.3, -0.25) is 10.3 Å². The van der Waals surface area contributed by atoms with Gasteiger partial charge in [0.25, 0.3) is 0 Å². The fourth-order valence-corrected chi connectivity index (χ4v) is 1.98. The van der Waals surface area contributed by atoms with E-state index in [2.05, 4.69) is 25.6 Å². The Bertz CT molecular complexity index is 400. The van der Waals surface area contributed by atoms with Crippen molar-refractivity contribution in [1.29, 1.82) is 5.26 Å². The largest absolute Gasteiger partial charge is 0.355 e. The first-order valence-electron chi connectivity index (χ1n) is 5.56. The van der Waals surface area contributed by atoms with E-state index in [9.17, 15) is 0 Å². The normalized spacial score (nSPS) is 10.8. The van der Waals surface area contributed by atoms with Crippen molar-refractivity contribution in [3.63, 3.8) is 0 Å². The zero-order valence-electron chi connectivity index (χ0n) is 10.3. The fourth-order valence-electron chi connectivity index (χ4n) is 1.20. The summed E-state index contributed by atoms with van der Waals surface area (Å²) in [5.41, 5.74) is 0. The predicted octanol–water partition coefficient (Wildman–Crippen LogP) is 0.398. The van der Waals surface area contributed by atoms with Gasteiger partial charge < -0.3 is 5.32 Å². The standard InChI is InChI=1S/C11H16N6S/c1-13-11(17-9-12)16-6-8-18-7-3-10-14-4-2-5-15-10/h2,4-5H,3,6-8H2,1H3,(H2,13,16,17). The molecule has 1 heterocycles. The number of aliphatic imine (C=N–C) groups is 1. The first-order valence-corrected chi connectivity index (χ1v) is 6.71. The van der Waals surface area contributed by atoms with Crippen molar-refractivity contribution in [2.75, 3.05) is 25.1 Å². The van der Waals surface area contributed by atoms with Crippen molar-refractivity contribution >= 4 is 17.7 Å². The van der Waals surface area contributed by atoms with E-state index in [-0.39, 0.29) is 0 Å². The van der Waals surface area contributed by atoms with Crippen molar-refractivity contribution in [2.45, 2.75) is 6.42 Å². The van der Waals surface area contributed by atoms with E-state index < -0.39 is 0 Å².